The van der Waals surface area contributed by atoms with Crippen molar-refractivity contribution in [1.29, 1.82) is 0 Å². The summed E-state index contributed by atoms with van der Waals surface area (Å²) in [4.78, 5) is 11.8. The highest BCUT2D eigenvalue weighted by Crippen LogP contribution is 2.25. The molecule has 0 radical (unpaired) electrons. The monoisotopic (exact) mass is 299 g/mol. The van der Waals surface area contributed by atoms with Crippen molar-refractivity contribution < 1.29 is 23.4 Å². The second-order valence-electron chi connectivity index (χ2n) is 5.19. The van der Waals surface area contributed by atoms with E-state index in [4.69, 9.17) is 0 Å². The molecule has 0 saturated heterocycles. The van der Waals surface area contributed by atoms with Crippen molar-refractivity contribution in [1.82, 2.24) is 5.32 Å². The van der Waals surface area contributed by atoms with Crippen LogP contribution in [0, 0.1) is 5.92 Å². The molecule has 21 heavy (non-hydrogen) atoms. The van der Waals surface area contributed by atoms with E-state index in [1.54, 1.807) is 6.07 Å². The molecule has 1 amide bonds. The fraction of sp³-hybridized carbons (Fsp3) is 0.533. The summed E-state index contributed by atoms with van der Waals surface area (Å²) in [6.45, 7) is -2.84. The average Bonchev–Trinajstić information content (AvgIpc) is 2.98. The molecule has 4 nitrogen and oxygen atoms in total. The topological polar surface area (TPSA) is 58.6 Å². The first-order chi connectivity index (χ1) is 10.1. The molecule has 1 saturated carbocycles. The molecule has 2 N–H and O–H groups in total. The van der Waals surface area contributed by atoms with Crippen molar-refractivity contribution >= 4 is 5.91 Å². The predicted octanol–water partition coefficient (Wildman–Crippen LogP) is 2.63. The summed E-state index contributed by atoms with van der Waals surface area (Å²) in [6, 6.07) is 5.86. The van der Waals surface area contributed by atoms with Crippen molar-refractivity contribution in [3.8, 4) is 5.75 Å². The van der Waals surface area contributed by atoms with E-state index in [2.05, 4.69) is 10.1 Å². The zero-order valence-corrected chi connectivity index (χ0v) is 11.6. The zero-order chi connectivity index (χ0) is 15.2. The van der Waals surface area contributed by atoms with Gasteiger partial charge in [0.1, 0.15) is 5.75 Å². The molecule has 0 aliphatic heterocycles. The number of benzene rings is 1. The first-order valence-corrected chi connectivity index (χ1v) is 7.07. The number of ether oxygens (including phenoxy) is 1. The second-order valence-corrected chi connectivity index (χ2v) is 5.19. The van der Waals surface area contributed by atoms with E-state index in [1.165, 1.54) is 18.2 Å². The van der Waals surface area contributed by atoms with Crippen LogP contribution in [-0.2, 0) is 4.79 Å². The molecule has 1 unspecified atom stereocenters. The van der Waals surface area contributed by atoms with E-state index >= 15 is 0 Å². The number of hydrogen-bond acceptors (Lipinski definition) is 3. The Morgan fingerprint density at radius 2 is 2.10 bits per heavy atom. The van der Waals surface area contributed by atoms with Gasteiger partial charge in [0.2, 0.25) is 5.91 Å². The molecule has 0 spiro atoms. The smallest absolute Gasteiger partial charge is 0.387 e. The van der Waals surface area contributed by atoms with Gasteiger partial charge in [0.05, 0.1) is 6.10 Å². The van der Waals surface area contributed by atoms with Gasteiger partial charge in [-0.1, -0.05) is 25.0 Å². The van der Waals surface area contributed by atoms with Crippen molar-refractivity contribution in [3.63, 3.8) is 0 Å². The summed E-state index contributed by atoms with van der Waals surface area (Å²) in [5.74, 6) is -0.0269. The lowest BCUT2D eigenvalue weighted by Crippen LogP contribution is -2.32. The Morgan fingerprint density at radius 1 is 1.38 bits per heavy atom. The Labute approximate surface area is 122 Å². The number of aliphatic hydroxyl groups excluding tert-OH is 1. The maximum atomic E-state index is 12.1. The van der Waals surface area contributed by atoms with E-state index in [1.807, 2.05) is 0 Å². The first-order valence-electron chi connectivity index (χ1n) is 7.07. The third kappa shape index (κ3) is 4.67. The number of carbonyl (C=O) groups is 1. The number of carbonyl (C=O) groups excluding carboxylic acids is 1. The molecule has 0 aromatic heterocycles. The molecule has 1 aromatic carbocycles. The highest BCUT2D eigenvalue weighted by atomic mass is 19.3. The molecule has 0 bridgehead atoms. The van der Waals surface area contributed by atoms with E-state index in [0.717, 1.165) is 25.7 Å². The van der Waals surface area contributed by atoms with Gasteiger partial charge in [-0.25, -0.2) is 0 Å². The van der Waals surface area contributed by atoms with Gasteiger partial charge in [-0.3, -0.25) is 4.79 Å². The van der Waals surface area contributed by atoms with E-state index in [9.17, 15) is 18.7 Å². The lowest BCUT2D eigenvalue weighted by atomic mass is 10.1. The number of halogens is 2. The molecule has 0 heterocycles. The Morgan fingerprint density at radius 3 is 2.76 bits per heavy atom. The van der Waals surface area contributed by atoms with Gasteiger partial charge in [-0.15, -0.1) is 0 Å². The number of alkyl halides is 2. The highest BCUT2D eigenvalue weighted by molar-refractivity contribution is 5.78. The molecular formula is C15H19F2NO3. The normalized spacial score (nSPS) is 17.0. The minimum atomic E-state index is -2.90. The average molecular weight is 299 g/mol. The number of rotatable bonds is 6. The van der Waals surface area contributed by atoms with Crippen molar-refractivity contribution in [2.75, 3.05) is 6.54 Å². The number of nitrogens with one attached hydrogen (secondary N) is 1. The zero-order valence-electron chi connectivity index (χ0n) is 11.6. The van der Waals surface area contributed by atoms with Crippen LogP contribution in [-0.4, -0.2) is 24.2 Å². The summed E-state index contributed by atoms with van der Waals surface area (Å²) in [5.41, 5.74) is 0.430. The molecule has 1 atom stereocenters. The van der Waals surface area contributed by atoms with Crippen molar-refractivity contribution in [2.45, 2.75) is 38.4 Å². The van der Waals surface area contributed by atoms with Crippen LogP contribution in [0.3, 0.4) is 0 Å². The van der Waals surface area contributed by atoms with Crippen LogP contribution >= 0.6 is 0 Å². The SMILES string of the molecule is O=C(NCC(O)c1cccc(OC(F)F)c1)C1CCCC1. The number of aliphatic hydroxyl groups is 1. The third-order valence-electron chi connectivity index (χ3n) is 3.66. The largest absolute Gasteiger partial charge is 0.435 e. The first kappa shape index (κ1) is 15.7. The third-order valence-corrected chi connectivity index (χ3v) is 3.66. The van der Waals surface area contributed by atoms with Gasteiger partial charge >= 0.3 is 6.61 Å². The van der Waals surface area contributed by atoms with E-state index in [0.29, 0.717) is 5.56 Å². The van der Waals surface area contributed by atoms with E-state index < -0.39 is 12.7 Å². The lowest BCUT2D eigenvalue weighted by molar-refractivity contribution is -0.125. The van der Waals surface area contributed by atoms with Gasteiger partial charge < -0.3 is 15.2 Å². The Balaban J connectivity index is 1.87. The predicted molar refractivity (Wildman–Crippen MR) is 73.0 cm³/mol. The number of hydrogen-bond donors (Lipinski definition) is 2. The Bertz CT molecular complexity index is 476. The van der Waals surface area contributed by atoms with Crippen LogP contribution in [0.25, 0.3) is 0 Å². The molecule has 6 heteroatoms. The summed E-state index contributed by atoms with van der Waals surface area (Å²) in [6.07, 6.45) is 2.96. The van der Waals surface area contributed by atoms with Gasteiger partial charge in [0.15, 0.2) is 0 Å². The molecule has 1 aliphatic rings. The summed E-state index contributed by atoms with van der Waals surface area (Å²) >= 11 is 0. The van der Waals surface area contributed by atoms with Crippen LogP contribution in [0.15, 0.2) is 24.3 Å². The lowest BCUT2D eigenvalue weighted by Gasteiger charge is -2.15. The van der Waals surface area contributed by atoms with Crippen LogP contribution < -0.4 is 10.1 Å². The van der Waals surface area contributed by atoms with Gasteiger partial charge in [-0.05, 0) is 30.5 Å². The van der Waals surface area contributed by atoms with Crippen molar-refractivity contribution in [2.24, 2.45) is 5.92 Å². The maximum Gasteiger partial charge on any atom is 0.387 e. The molecule has 2 rings (SSSR count). The second kappa shape index (κ2) is 7.36. The quantitative estimate of drug-likeness (QED) is 0.849. The highest BCUT2D eigenvalue weighted by Gasteiger charge is 2.23. The standard InChI is InChI=1S/C15H19F2NO3/c16-15(17)21-12-7-3-6-11(8-12)13(19)9-18-14(20)10-4-1-2-5-10/h3,6-8,10,13,15,19H,1-2,4-5,9H2,(H,18,20). The molecule has 1 aromatic rings. The molecule has 1 aliphatic carbocycles. The van der Waals surface area contributed by atoms with Crippen LogP contribution in [0.5, 0.6) is 5.75 Å². The van der Waals surface area contributed by atoms with Gasteiger partial charge in [0.25, 0.3) is 0 Å². The molecular weight excluding hydrogens is 280 g/mol. The summed E-state index contributed by atoms with van der Waals surface area (Å²) in [5, 5.41) is 12.7. The van der Waals surface area contributed by atoms with Gasteiger partial charge in [0, 0.05) is 12.5 Å². The van der Waals surface area contributed by atoms with Crippen LogP contribution in [0.2, 0.25) is 0 Å². The minimum Gasteiger partial charge on any atom is -0.435 e. The van der Waals surface area contributed by atoms with Gasteiger partial charge in [-0.2, -0.15) is 8.78 Å². The molecule has 1 fully saturated rings. The van der Waals surface area contributed by atoms with Crippen LogP contribution in [0.1, 0.15) is 37.4 Å². The van der Waals surface area contributed by atoms with Crippen molar-refractivity contribution in [3.05, 3.63) is 29.8 Å². The Hall–Kier alpha value is -1.69. The summed E-state index contributed by atoms with van der Waals surface area (Å²) < 4.78 is 28.6. The summed E-state index contributed by atoms with van der Waals surface area (Å²) in [7, 11) is 0. The maximum absolute atomic E-state index is 12.1. The number of amides is 1. The fourth-order valence-electron chi connectivity index (χ4n) is 2.55. The minimum absolute atomic E-state index is 0.0105. The fourth-order valence-corrected chi connectivity index (χ4v) is 2.55. The Kier molecular flexibility index (Phi) is 5.50. The molecule has 116 valence electrons. The van der Waals surface area contributed by atoms with Crippen LogP contribution in [0.4, 0.5) is 8.78 Å². The van der Waals surface area contributed by atoms with E-state index in [-0.39, 0.29) is 24.1 Å².